The van der Waals surface area contributed by atoms with Crippen molar-refractivity contribution in [1.82, 2.24) is 5.32 Å². The van der Waals surface area contributed by atoms with Gasteiger partial charge in [-0.1, -0.05) is 36.4 Å². The minimum Gasteiger partial charge on any atom is -0.464 e. The summed E-state index contributed by atoms with van der Waals surface area (Å²) in [6.45, 7) is 0.718. The van der Waals surface area contributed by atoms with Crippen LogP contribution in [0.5, 0.6) is 0 Å². The largest absolute Gasteiger partial charge is 0.464 e. The molecule has 0 saturated carbocycles. The average molecular weight is 247 g/mol. The molecule has 1 aromatic rings. The standard InChI is InChI=1S/C14H17NOS/c17-14(16-13-9-5-2-6-10-13)15-11-12-7-3-1-4-8-12/h1,3-5,7-9,13H,2,6,10-11H2,(H,15,17)/t13-/m0/s1. The third-order valence-corrected chi connectivity index (χ3v) is 2.99. The number of nitrogens with one attached hydrogen (secondary N) is 1. The van der Waals surface area contributed by atoms with Crippen LogP contribution < -0.4 is 5.32 Å². The van der Waals surface area contributed by atoms with Gasteiger partial charge in [-0.3, -0.25) is 0 Å². The fourth-order valence-corrected chi connectivity index (χ4v) is 2.02. The quantitative estimate of drug-likeness (QED) is 0.655. The molecule has 1 atom stereocenters. The summed E-state index contributed by atoms with van der Waals surface area (Å²) in [5.74, 6) is 0. The van der Waals surface area contributed by atoms with Gasteiger partial charge in [-0.05, 0) is 43.1 Å². The monoisotopic (exact) mass is 247 g/mol. The van der Waals surface area contributed by atoms with Gasteiger partial charge in [-0.15, -0.1) is 0 Å². The smallest absolute Gasteiger partial charge is 0.257 e. The molecule has 0 fully saturated rings. The molecule has 0 aliphatic heterocycles. The van der Waals surface area contributed by atoms with Crippen molar-refractivity contribution in [2.24, 2.45) is 0 Å². The molecule has 90 valence electrons. The Balaban J connectivity index is 1.74. The summed E-state index contributed by atoms with van der Waals surface area (Å²) >= 11 is 5.17. The molecule has 2 nitrogen and oxygen atoms in total. The van der Waals surface area contributed by atoms with E-state index in [4.69, 9.17) is 17.0 Å². The normalized spacial score (nSPS) is 18.7. The van der Waals surface area contributed by atoms with Gasteiger partial charge in [0, 0.05) is 6.54 Å². The van der Waals surface area contributed by atoms with E-state index in [1.165, 1.54) is 12.0 Å². The number of ether oxygens (including phenoxy) is 1. The Kier molecular flexibility index (Phi) is 4.56. The molecular formula is C14H17NOS. The molecule has 17 heavy (non-hydrogen) atoms. The Morgan fingerprint density at radius 2 is 2.18 bits per heavy atom. The zero-order valence-electron chi connectivity index (χ0n) is 9.76. The van der Waals surface area contributed by atoms with Crippen molar-refractivity contribution in [2.75, 3.05) is 0 Å². The Morgan fingerprint density at radius 3 is 2.88 bits per heavy atom. The zero-order valence-corrected chi connectivity index (χ0v) is 10.6. The second-order valence-electron chi connectivity index (χ2n) is 4.14. The maximum Gasteiger partial charge on any atom is 0.257 e. The lowest BCUT2D eigenvalue weighted by Crippen LogP contribution is -2.28. The van der Waals surface area contributed by atoms with Crippen molar-refractivity contribution in [2.45, 2.75) is 31.9 Å². The van der Waals surface area contributed by atoms with Crippen LogP contribution in [-0.4, -0.2) is 11.3 Å². The number of hydrogen-bond donors (Lipinski definition) is 1. The van der Waals surface area contributed by atoms with E-state index < -0.39 is 0 Å². The number of allylic oxidation sites excluding steroid dienone is 1. The predicted octanol–water partition coefficient (Wildman–Crippen LogP) is 3.19. The number of thiocarbonyl (C=S) groups is 1. The molecule has 0 heterocycles. The van der Waals surface area contributed by atoms with E-state index in [0.717, 1.165) is 19.4 Å². The van der Waals surface area contributed by atoms with Crippen molar-refractivity contribution in [3.05, 3.63) is 48.0 Å². The Morgan fingerprint density at radius 1 is 1.35 bits per heavy atom. The van der Waals surface area contributed by atoms with E-state index in [-0.39, 0.29) is 6.10 Å². The lowest BCUT2D eigenvalue weighted by atomic mass is 10.1. The van der Waals surface area contributed by atoms with E-state index in [1.54, 1.807) is 0 Å². The van der Waals surface area contributed by atoms with Crippen molar-refractivity contribution < 1.29 is 4.74 Å². The van der Waals surface area contributed by atoms with Gasteiger partial charge < -0.3 is 10.1 Å². The Labute approximate surface area is 108 Å². The molecule has 0 saturated heterocycles. The molecule has 1 aromatic carbocycles. The minimum atomic E-state index is 0.152. The van der Waals surface area contributed by atoms with Crippen LogP contribution in [0.25, 0.3) is 0 Å². The van der Waals surface area contributed by atoms with Crippen molar-refractivity contribution in [1.29, 1.82) is 0 Å². The van der Waals surface area contributed by atoms with Crippen LogP contribution in [0.4, 0.5) is 0 Å². The lowest BCUT2D eigenvalue weighted by molar-refractivity contribution is 0.213. The third-order valence-electron chi connectivity index (χ3n) is 2.75. The molecule has 1 aliphatic rings. The van der Waals surface area contributed by atoms with Crippen LogP contribution in [0, 0.1) is 0 Å². The summed E-state index contributed by atoms with van der Waals surface area (Å²) in [6.07, 6.45) is 7.81. The van der Waals surface area contributed by atoms with E-state index in [9.17, 15) is 0 Å². The lowest BCUT2D eigenvalue weighted by Gasteiger charge is -2.19. The van der Waals surface area contributed by atoms with Gasteiger partial charge in [-0.2, -0.15) is 0 Å². The summed E-state index contributed by atoms with van der Waals surface area (Å²) in [5.41, 5.74) is 1.21. The summed E-state index contributed by atoms with van der Waals surface area (Å²) in [5, 5.41) is 3.61. The number of rotatable bonds is 3. The number of benzene rings is 1. The molecular weight excluding hydrogens is 230 g/mol. The zero-order chi connectivity index (χ0) is 11.9. The highest BCUT2D eigenvalue weighted by atomic mass is 32.1. The molecule has 0 unspecified atom stereocenters. The topological polar surface area (TPSA) is 21.3 Å². The van der Waals surface area contributed by atoms with Crippen LogP contribution in [-0.2, 0) is 11.3 Å². The van der Waals surface area contributed by atoms with Crippen molar-refractivity contribution in [3.63, 3.8) is 0 Å². The molecule has 0 radical (unpaired) electrons. The molecule has 1 aliphatic carbocycles. The summed E-state index contributed by atoms with van der Waals surface area (Å²) in [4.78, 5) is 0. The van der Waals surface area contributed by atoms with Gasteiger partial charge in [0.1, 0.15) is 6.10 Å². The molecule has 0 amide bonds. The van der Waals surface area contributed by atoms with Gasteiger partial charge in [0.25, 0.3) is 5.17 Å². The molecule has 0 aromatic heterocycles. The predicted molar refractivity (Wildman–Crippen MR) is 73.7 cm³/mol. The maximum atomic E-state index is 5.65. The first kappa shape index (κ1) is 12.1. The van der Waals surface area contributed by atoms with Gasteiger partial charge in [0.2, 0.25) is 0 Å². The van der Waals surface area contributed by atoms with Crippen molar-refractivity contribution in [3.8, 4) is 0 Å². The molecule has 0 bridgehead atoms. The first-order valence-electron chi connectivity index (χ1n) is 5.99. The van der Waals surface area contributed by atoms with Gasteiger partial charge in [0.05, 0.1) is 0 Å². The van der Waals surface area contributed by atoms with Gasteiger partial charge in [0.15, 0.2) is 0 Å². The van der Waals surface area contributed by atoms with E-state index in [0.29, 0.717) is 5.17 Å². The Hall–Kier alpha value is -1.35. The van der Waals surface area contributed by atoms with E-state index >= 15 is 0 Å². The fourth-order valence-electron chi connectivity index (χ4n) is 1.83. The van der Waals surface area contributed by atoms with Crippen LogP contribution in [0.1, 0.15) is 24.8 Å². The number of hydrogen-bond acceptors (Lipinski definition) is 2. The third kappa shape index (κ3) is 4.19. The highest BCUT2D eigenvalue weighted by Crippen LogP contribution is 2.13. The average Bonchev–Trinajstić information content (AvgIpc) is 2.39. The second kappa shape index (κ2) is 6.40. The van der Waals surface area contributed by atoms with Crippen LogP contribution in [0.15, 0.2) is 42.5 Å². The second-order valence-corrected chi connectivity index (χ2v) is 4.51. The van der Waals surface area contributed by atoms with Crippen molar-refractivity contribution >= 4 is 17.4 Å². The first-order chi connectivity index (χ1) is 8.34. The summed E-state index contributed by atoms with van der Waals surface area (Å²) in [7, 11) is 0. The first-order valence-corrected chi connectivity index (χ1v) is 6.40. The fraction of sp³-hybridized carbons (Fsp3) is 0.357. The van der Waals surface area contributed by atoms with E-state index in [2.05, 4.69) is 29.6 Å². The van der Waals surface area contributed by atoms with Gasteiger partial charge in [-0.25, -0.2) is 0 Å². The SMILES string of the molecule is S=C(NCc1ccccc1)O[C@H]1C=CCCC1. The summed E-state index contributed by atoms with van der Waals surface area (Å²) in [6, 6.07) is 10.2. The molecule has 2 rings (SSSR count). The highest BCUT2D eigenvalue weighted by molar-refractivity contribution is 7.80. The minimum absolute atomic E-state index is 0.152. The van der Waals surface area contributed by atoms with Crippen LogP contribution >= 0.6 is 12.2 Å². The summed E-state index contributed by atoms with van der Waals surface area (Å²) < 4.78 is 5.65. The molecule has 0 spiro atoms. The van der Waals surface area contributed by atoms with E-state index in [1.807, 2.05) is 18.2 Å². The molecule has 1 N–H and O–H groups in total. The molecule has 3 heteroatoms. The maximum absolute atomic E-state index is 5.65. The van der Waals surface area contributed by atoms with Crippen LogP contribution in [0.3, 0.4) is 0 Å². The van der Waals surface area contributed by atoms with Crippen LogP contribution in [0.2, 0.25) is 0 Å². The highest BCUT2D eigenvalue weighted by Gasteiger charge is 2.10. The Bertz CT molecular complexity index is 388. The van der Waals surface area contributed by atoms with Gasteiger partial charge >= 0.3 is 0 Å².